The van der Waals surface area contributed by atoms with E-state index in [0.29, 0.717) is 0 Å². The number of carbonyl (C=O) groups is 2. The lowest BCUT2D eigenvalue weighted by Gasteiger charge is -2.37. The fraction of sp³-hybridized carbons (Fsp3) is 0.966. The van der Waals surface area contributed by atoms with Crippen LogP contribution in [-0.2, 0) is 9.59 Å². The Labute approximate surface area is 417 Å². The molecule has 0 saturated carbocycles. The van der Waals surface area contributed by atoms with Crippen molar-refractivity contribution in [2.45, 2.75) is 265 Å². The van der Waals surface area contributed by atoms with Crippen molar-refractivity contribution in [2.75, 3.05) is 98.2 Å². The third kappa shape index (κ3) is 44.4. The monoisotopic (exact) mass is 948 g/mol. The van der Waals surface area contributed by atoms with Crippen molar-refractivity contribution in [3.8, 4) is 0 Å². The van der Waals surface area contributed by atoms with Crippen LogP contribution in [0.4, 0.5) is 0 Å². The van der Waals surface area contributed by atoms with E-state index < -0.39 is 11.9 Å². The summed E-state index contributed by atoms with van der Waals surface area (Å²) < 4.78 is 0. The summed E-state index contributed by atoms with van der Waals surface area (Å²) in [6.45, 7) is 24.3. The zero-order valence-corrected chi connectivity index (χ0v) is 45.4. The second kappa shape index (κ2) is 49.7. The van der Waals surface area contributed by atoms with Crippen LogP contribution >= 0.6 is 0 Å². The Morgan fingerprint density at radius 1 is 0.299 bits per heavy atom. The zero-order valence-electron chi connectivity index (χ0n) is 45.4. The third-order valence-electron chi connectivity index (χ3n) is 14.9. The van der Waals surface area contributed by atoms with E-state index in [1.165, 1.54) is 238 Å². The molecule has 1 aliphatic heterocycles. The van der Waals surface area contributed by atoms with E-state index in [0.717, 1.165) is 90.9 Å². The average Bonchev–Trinajstić information content (AvgIpc) is 3.32. The van der Waals surface area contributed by atoms with Crippen molar-refractivity contribution in [3.63, 3.8) is 0 Å². The number of nitrogens with zero attached hydrogens (tertiary/aromatic N) is 5. The molecule has 67 heavy (non-hydrogen) atoms. The standard InChI is InChI=1S/C58H117N5O4/c1-4-7-10-13-16-19-22-25-28-35-42-59(43-36-29-26-23-20-17-14-11-8-5-2)47-49-61(46-37-30-27-24-21-18-15-12-9-6-3)50-52-63-55-53-62(54-56-63)51-48-60(44-38-31-33-40-57(64)65)45-39-32-34-41-58(66)67/h4-56H2,1-3H3,(H,64,65)(H,66,67). The van der Waals surface area contributed by atoms with Crippen LogP contribution in [0.3, 0.4) is 0 Å². The molecule has 0 aromatic heterocycles. The molecular formula is C58H117N5O4. The second-order valence-corrected chi connectivity index (χ2v) is 21.2. The molecule has 0 aliphatic carbocycles. The van der Waals surface area contributed by atoms with Crippen LogP contribution in [-0.4, -0.2) is 145 Å². The van der Waals surface area contributed by atoms with Gasteiger partial charge in [-0.3, -0.25) is 19.4 Å². The highest BCUT2D eigenvalue weighted by atomic mass is 16.4. The molecule has 0 atom stereocenters. The van der Waals surface area contributed by atoms with Crippen molar-refractivity contribution in [1.82, 2.24) is 24.5 Å². The van der Waals surface area contributed by atoms with E-state index in [4.69, 9.17) is 10.2 Å². The highest BCUT2D eigenvalue weighted by Gasteiger charge is 2.19. The SMILES string of the molecule is CCCCCCCCCCCCN(CCCCCCCCCCCC)CCN(CCCCCCCCCCCC)CCN1CCN(CCN(CCCCCC(=O)O)CCCCCC(=O)O)CC1. The molecule has 0 amide bonds. The van der Waals surface area contributed by atoms with Gasteiger partial charge in [0.25, 0.3) is 0 Å². The normalized spacial score (nSPS) is 13.8. The molecular weight excluding hydrogens is 831 g/mol. The predicted octanol–water partition coefficient (Wildman–Crippen LogP) is 14.6. The van der Waals surface area contributed by atoms with Gasteiger partial charge in [-0.2, -0.15) is 0 Å². The van der Waals surface area contributed by atoms with Crippen molar-refractivity contribution in [1.29, 1.82) is 0 Å². The van der Waals surface area contributed by atoms with E-state index in [2.05, 4.69) is 45.3 Å². The Morgan fingerprint density at radius 2 is 0.507 bits per heavy atom. The van der Waals surface area contributed by atoms with Gasteiger partial charge in [-0.1, -0.05) is 207 Å². The van der Waals surface area contributed by atoms with E-state index in [-0.39, 0.29) is 12.8 Å². The zero-order chi connectivity index (χ0) is 48.5. The minimum Gasteiger partial charge on any atom is -0.481 e. The number of carboxylic acids is 2. The highest BCUT2D eigenvalue weighted by Crippen LogP contribution is 2.15. The van der Waals surface area contributed by atoms with Crippen LogP contribution in [0.2, 0.25) is 0 Å². The lowest BCUT2D eigenvalue weighted by atomic mass is 10.1. The van der Waals surface area contributed by atoms with E-state index >= 15 is 0 Å². The first-order chi connectivity index (χ1) is 32.9. The molecule has 1 heterocycles. The highest BCUT2D eigenvalue weighted by molar-refractivity contribution is 5.66. The molecule has 0 bridgehead atoms. The van der Waals surface area contributed by atoms with Gasteiger partial charge in [0.05, 0.1) is 0 Å². The second-order valence-electron chi connectivity index (χ2n) is 21.2. The fourth-order valence-corrected chi connectivity index (χ4v) is 10.1. The summed E-state index contributed by atoms with van der Waals surface area (Å²) in [6.07, 6.45) is 48.2. The lowest BCUT2D eigenvalue weighted by Crippen LogP contribution is -2.50. The van der Waals surface area contributed by atoms with Gasteiger partial charge in [0.15, 0.2) is 0 Å². The minimum atomic E-state index is -0.701. The molecule has 0 aromatic rings. The Kier molecular flexibility index (Phi) is 47.3. The number of unbranched alkanes of at least 4 members (excludes halogenated alkanes) is 31. The molecule has 1 rings (SSSR count). The molecule has 0 radical (unpaired) electrons. The maximum Gasteiger partial charge on any atom is 0.303 e. The predicted molar refractivity (Wildman–Crippen MR) is 290 cm³/mol. The summed E-state index contributed by atoms with van der Waals surface area (Å²) >= 11 is 0. The fourth-order valence-electron chi connectivity index (χ4n) is 10.1. The molecule has 9 heteroatoms. The first-order valence-electron chi connectivity index (χ1n) is 29.9. The maximum absolute atomic E-state index is 11.0. The molecule has 1 aliphatic rings. The average molecular weight is 949 g/mol. The van der Waals surface area contributed by atoms with Gasteiger partial charge < -0.3 is 24.9 Å². The molecule has 0 unspecified atom stereocenters. The number of piperazine rings is 1. The first kappa shape index (κ1) is 63.8. The summed E-state index contributed by atoms with van der Waals surface area (Å²) in [6, 6.07) is 0. The van der Waals surface area contributed by atoms with E-state index in [1.54, 1.807) is 0 Å². The van der Waals surface area contributed by atoms with E-state index in [1.807, 2.05) is 0 Å². The van der Waals surface area contributed by atoms with Gasteiger partial charge in [-0.05, 0) is 77.7 Å². The van der Waals surface area contributed by atoms with Gasteiger partial charge in [-0.25, -0.2) is 0 Å². The van der Waals surface area contributed by atoms with Crippen LogP contribution in [0.5, 0.6) is 0 Å². The van der Waals surface area contributed by atoms with Crippen LogP contribution in [0, 0.1) is 0 Å². The summed E-state index contributed by atoms with van der Waals surface area (Å²) in [7, 11) is 0. The van der Waals surface area contributed by atoms with Crippen molar-refractivity contribution >= 4 is 11.9 Å². The van der Waals surface area contributed by atoms with Crippen molar-refractivity contribution in [3.05, 3.63) is 0 Å². The molecule has 1 saturated heterocycles. The Balaban J connectivity index is 2.71. The van der Waals surface area contributed by atoms with Crippen molar-refractivity contribution < 1.29 is 19.8 Å². The molecule has 2 N–H and O–H groups in total. The number of hydrogen-bond donors (Lipinski definition) is 2. The maximum atomic E-state index is 11.0. The topological polar surface area (TPSA) is 90.8 Å². The van der Waals surface area contributed by atoms with Gasteiger partial charge in [0, 0.05) is 78.3 Å². The summed E-state index contributed by atoms with van der Waals surface area (Å²) in [5.74, 6) is -1.40. The Morgan fingerprint density at radius 3 is 0.761 bits per heavy atom. The van der Waals surface area contributed by atoms with Gasteiger partial charge >= 0.3 is 11.9 Å². The molecule has 0 spiro atoms. The minimum absolute atomic E-state index is 0.258. The van der Waals surface area contributed by atoms with Crippen LogP contribution < -0.4 is 0 Å². The molecule has 1 fully saturated rings. The summed E-state index contributed by atoms with van der Waals surface area (Å²) in [4.78, 5) is 35.7. The molecule has 398 valence electrons. The lowest BCUT2D eigenvalue weighted by molar-refractivity contribution is -0.138. The Bertz CT molecular complexity index is 995. The van der Waals surface area contributed by atoms with Crippen LogP contribution in [0.1, 0.15) is 265 Å². The smallest absolute Gasteiger partial charge is 0.303 e. The number of hydrogen-bond acceptors (Lipinski definition) is 7. The van der Waals surface area contributed by atoms with E-state index in [9.17, 15) is 9.59 Å². The molecule has 0 aromatic carbocycles. The van der Waals surface area contributed by atoms with Crippen LogP contribution in [0.25, 0.3) is 0 Å². The first-order valence-corrected chi connectivity index (χ1v) is 29.9. The summed E-state index contributed by atoms with van der Waals surface area (Å²) in [5, 5.41) is 18.1. The van der Waals surface area contributed by atoms with Gasteiger partial charge in [-0.15, -0.1) is 0 Å². The Hall–Kier alpha value is -1.26. The molecule has 9 nitrogen and oxygen atoms in total. The van der Waals surface area contributed by atoms with Crippen molar-refractivity contribution in [2.24, 2.45) is 0 Å². The van der Waals surface area contributed by atoms with Gasteiger partial charge in [0.2, 0.25) is 0 Å². The third-order valence-corrected chi connectivity index (χ3v) is 14.9. The van der Waals surface area contributed by atoms with Crippen LogP contribution in [0.15, 0.2) is 0 Å². The summed E-state index contributed by atoms with van der Waals surface area (Å²) in [5.41, 5.74) is 0. The number of carboxylic acid groups (broad SMARTS) is 2. The van der Waals surface area contributed by atoms with Gasteiger partial charge in [0.1, 0.15) is 0 Å². The number of rotatable bonds is 54. The largest absolute Gasteiger partial charge is 0.481 e. The number of aliphatic carboxylic acids is 2. The quantitative estimate of drug-likeness (QED) is 0.0579.